The smallest absolute Gasteiger partial charge is 0.357 e. The molecule has 0 aliphatic carbocycles. The topological polar surface area (TPSA) is 63.6 Å². The number of ether oxygens (including phenoxy) is 1. The number of nitrogens with zero attached hydrogens (tertiary/aromatic N) is 2. The first kappa shape index (κ1) is 14.1. The Morgan fingerprint density at radius 3 is 3.10 bits per heavy atom. The van der Waals surface area contributed by atoms with Gasteiger partial charge in [-0.2, -0.15) is 5.10 Å². The first-order valence-electron chi connectivity index (χ1n) is 5.87. The van der Waals surface area contributed by atoms with Crippen LogP contribution in [-0.4, -0.2) is 23.8 Å². The van der Waals surface area contributed by atoms with E-state index in [9.17, 15) is 9.18 Å². The summed E-state index contributed by atoms with van der Waals surface area (Å²) < 4.78 is 18.1. The molecule has 2 aromatic rings. The molecule has 0 radical (unpaired) electrons. The maximum absolute atomic E-state index is 13.3. The molecular weight excluding hydrogens is 281 g/mol. The van der Waals surface area contributed by atoms with Gasteiger partial charge in [0.1, 0.15) is 5.82 Å². The lowest BCUT2D eigenvalue weighted by Gasteiger charge is -1.97. The van der Waals surface area contributed by atoms with E-state index in [1.165, 1.54) is 23.6 Å². The number of carbonyl (C=O) groups is 1. The third kappa shape index (κ3) is 3.61. The molecule has 1 aromatic carbocycles. The molecule has 5 nitrogen and oxygen atoms in total. The van der Waals surface area contributed by atoms with Crippen molar-refractivity contribution in [1.82, 2.24) is 4.98 Å². The van der Waals surface area contributed by atoms with Crippen molar-refractivity contribution in [1.29, 1.82) is 0 Å². The van der Waals surface area contributed by atoms with Gasteiger partial charge < -0.3 is 4.74 Å². The molecule has 0 aliphatic rings. The van der Waals surface area contributed by atoms with E-state index in [0.717, 1.165) is 0 Å². The Morgan fingerprint density at radius 2 is 2.35 bits per heavy atom. The van der Waals surface area contributed by atoms with Crippen LogP contribution < -0.4 is 5.43 Å². The van der Waals surface area contributed by atoms with Crippen molar-refractivity contribution in [2.45, 2.75) is 6.92 Å². The standard InChI is InChI=1S/C13H12FN3O2S/c1-2-19-12(18)11-8-20-13(16-11)17-15-7-9-5-3-4-6-10(9)14/h3-8H,2H2,1H3,(H,16,17)/b15-7+. The highest BCUT2D eigenvalue weighted by atomic mass is 32.1. The lowest BCUT2D eigenvalue weighted by molar-refractivity contribution is 0.0520. The molecule has 0 amide bonds. The summed E-state index contributed by atoms with van der Waals surface area (Å²) in [4.78, 5) is 15.4. The fraction of sp³-hybridized carbons (Fsp3) is 0.154. The minimum Gasteiger partial charge on any atom is -0.461 e. The number of nitrogens with one attached hydrogen (secondary N) is 1. The van der Waals surface area contributed by atoms with Crippen LogP contribution in [0, 0.1) is 5.82 Å². The predicted octanol–water partition coefficient (Wildman–Crippen LogP) is 2.90. The number of halogens is 1. The van der Waals surface area contributed by atoms with E-state index in [1.54, 1.807) is 30.5 Å². The van der Waals surface area contributed by atoms with Gasteiger partial charge in [-0.05, 0) is 13.0 Å². The first-order valence-corrected chi connectivity index (χ1v) is 6.75. The van der Waals surface area contributed by atoms with Gasteiger partial charge in [0.15, 0.2) is 5.69 Å². The van der Waals surface area contributed by atoms with E-state index in [-0.39, 0.29) is 11.5 Å². The van der Waals surface area contributed by atoms with E-state index in [4.69, 9.17) is 4.74 Å². The molecule has 1 heterocycles. The molecule has 0 saturated heterocycles. The Bertz CT molecular complexity index is 628. The zero-order valence-corrected chi connectivity index (χ0v) is 11.5. The second kappa shape index (κ2) is 6.76. The highest BCUT2D eigenvalue weighted by molar-refractivity contribution is 7.13. The van der Waals surface area contributed by atoms with Crippen LogP contribution in [0.15, 0.2) is 34.7 Å². The zero-order valence-electron chi connectivity index (χ0n) is 10.7. The number of anilines is 1. The van der Waals surface area contributed by atoms with Gasteiger partial charge in [-0.1, -0.05) is 18.2 Å². The van der Waals surface area contributed by atoms with Crippen molar-refractivity contribution in [3.05, 3.63) is 46.7 Å². The van der Waals surface area contributed by atoms with Crippen molar-refractivity contribution in [2.24, 2.45) is 5.10 Å². The lowest BCUT2D eigenvalue weighted by atomic mass is 10.2. The number of carbonyl (C=O) groups excluding carboxylic acids is 1. The Kier molecular flexibility index (Phi) is 4.78. The van der Waals surface area contributed by atoms with Crippen LogP contribution in [0.1, 0.15) is 23.0 Å². The van der Waals surface area contributed by atoms with Gasteiger partial charge in [-0.15, -0.1) is 11.3 Å². The van der Waals surface area contributed by atoms with Gasteiger partial charge >= 0.3 is 5.97 Å². The minimum absolute atomic E-state index is 0.223. The zero-order chi connectivity index (χ0) is 14.4. The number of aromatic nitrogens is 1. The summed E-state index contributed by atoms with van der Waals surface area (Å²) in [6.07, 6.45) is 1.35. The fourth-order valence-corrected chi connectivity index (χ4v) is 1.99. The summed E-state index contributed by atoms with van der Waals surface area (Å²) in [6.45, 7) is 2.02. The summed E-state index contributed by atoms with van der Waals surface area (Å²) in [7, 11) is 0. The van der Waals surface area contributed by atoms with E-state index in [2.05, 4.69) is 15.5 Å². The van der Waals surface area contributed by atoms with Gasteiger partial charge in [-0.3, -0.25) is 5.43 Å². The quantitative estimate of drug-likeness (QED) is 0.523. The van der Waals surface area contributed by atoms with Crippen LogP contribution in [0.5, 0.6) is 0 Å². The third-order valence-electron chi connectivity index (χ3n) is 2.26. The second-order valence-corrected chi connectivity index (χ2v) is 4.51. The molecule has 7 heteroatoms. The molecule has 0 fully saturated rings. The molecule has 20 heavy (non-hydrogen) atoms. The summed E-state index contributed by atoms with van der Waals surface area (Å²) in [6, 6.07) is 6.27. The lowest BCUT2D eigenvalue weighted by Crippen LogP contribution is -2.04. The molecule has 104 valence electrons. The Balaban J connectivity index is 1.98. The monoisotopic (exact) mass is 293 g/mol. The largest absolute Gasteiger partial charge is 0.461 e. The van der Waals surface area contributed by atoms with Crippen molar-refractivity contribution in [2.75, 3.05) is 12.0 Å². The molecule has 0 spiro atoms. The number of hydrogen-bond donors (Lipinski definition) is 1. The van der Waals surface area contributed by atoms with Gasteiger partial charge in [0.05, 0.1) is 12.8 Å². The first-order chi connectivity index (χ1) is 9.70. The number of benzene rings is 1. The van der Waals surface area contributed by atoms with Crippen LogP contribution in [0.2, 0.25) is 0 Å². The van der Waals surface area contributed by atoms with E-state index >= 15 is 0 Å². The Labute approximate surface area is 119 Å². The normalized spacial score (nSPS) is 10.7. The summed E-state index contributed by atoms with van der Waals surface area (Å²) in [5.74, 6) is -0.834. The fourth-order valence-electron chi connectivity index (χ4n) is 1.36. The maximum Gasteiger partial charge on any atom is 0.357 e. The molecule has 0 atom stereocenters. The summed E-state index contributed by atoms with van der Waals surface area (Å²) in [5.41, 5.74) is 3.23. The summed E-state index contributed by atoms with van der Waals surface area (Å²) in [5, 5.41) is 5.87. The number of thiazole rings is 1. The number of hydrazone groups is 1. The number of hydrogen-bond acceptors (Lipinski definition) is 6. The second-order valence-electron chi connectivity index (χ2n) is 3.65. The molecular formula is C13H12FN3O2S. The predicted molar refractivity (Wildman–Crippen MR) is 75.7 cm³/mol. The molecule has 1 aromatic heterocycles. The number of rotatable bonds is 5. The van der Waals surface area contributed by atoms with E-state index in [1.807, 2.05) is 0 Å². The van der Waals surface area contributed by atoms with Gasteiger partial charge in [0.2, 0.25) is 5.13 Å². The van der Waals surface area contributed by atoms with E-state index in [0.29, 0.717) is 17.3 Å². The van der Waals surface area contributed by atoms with Gasteiger partial charge in [0, 0.05) is 10.9 Å². The SMILES string of the molecule is CCOC(=O)c1csc(N/N=C/c2ccccc2F)n1. The average Bonchev–Trinajstić information content (AvgIpc) is 2.90. The van der Waals surface area contributed by atoms with Crippen LogP contribution in [0.3, 0.4) is 0 Å². The molecule has 1 N–H and O–H groups in total. The average molecular weight is 293 g/mol. The van der Waals surface area contributed by atoms with Crippen molar-refractivity contribution < 1.29 is 13.9 Å². The van der Waals surface area contributed by atoms with Crippen molar-refractivity contribution in [3.63, 3.8) is 0 Å². The van der Waals surface area contributed by atoms with Crippen LogP contribution in [0.4, 0.5) is 9.52 Å². The van der Waals surface area contributed by atoms with Crippen LogP contribution in [-0.2, 0) is 4.74 Å². The van der Waals surface area contributed by atoms with Gasteiger partial charge in [0.25, 0.3) is 0 Å². The molecule has 0 unspecified atom stereocenters. The molecule has 2 rings (SSSR count). The van der Waals surface area contributed by atoms with Crippen molar-refractivity contribution in [3.8, 4) is 0 Å². The van der Waals surface area contributed by atoms with E-state index < -0.39 is 5.97 Å². The van der Waals surface area contributed by atoms with Gasteiger partial charge in [-0.25, -0.2) is 14.2 Å². The van der Waals surface area contributed by atoms with Crippen LogP contribution in [0.25, 0.3) is 0 Å². The Hall–Kier alpha value is -2.28. The maximum atomic E-state index is 13.3. The number of esters is 1. The highest BCUT2D eigenvalue weighted by Crippen LogP contribution is 2.16. The summed E-state index contributed by atoms with van der Waals surface area (Å²) >= 11 is 1.21. The Morgan fingerprint density at radius 1 is 1.55 bits per heavy atom. The van der Waals surface area contributed by atoms with Crippen molar-refractivity contribution >= 4 is 28.7 Å². The third-order valence-corrected chi connectivity index (χ3v) is 3.00. The minimum atomic E-state index is -0.477. The molecule has 0 bridgehead atoms. The molecule has 0 aliphatic heterocycles. The molecule has 0 saturated carbocycles. The van der Waals surface area contributed by atoms with Crippen LogP contribution >= 0.6 is 11.3 Å². The highest BCUT2D eigenvalue weighted by Gasteiger charge is 2.10.